The molecule has 0 bridgehead atoms. The average Bonchev–Trinajstić information content (AvgIpc) is 2.40. The molecular weight excluding hydrogens is 224 g/mol. The molecule has 0 aliphatic carbocycles. The van der Waals surface area contributed by atoms with Crippen LogP contribution < -0.4 is 0 Å². The van der Waals surface area contributed by atoms with Crippen LogP contribution in [0.25, 0.3) is 0 Å². The first kappa shape index (κ1) is 12.0. The molecule has 2 aromatic carbocycles. The molecule has 2 aromatic rings. The highest BCUT2D eigenvalue weighted by Crippen LogP contribution is 2.37. The summed E-state index contributed by atoms with van der Waals surface area (Å²) in [7, 11) is 0. The molecule has 0 amide bonds. The standard InChI is InChI=1S/C16H16S/c1-3-16(17,14-7-5-4-6-8-14)15-11-9-13(2)10-12-15/h3-12,17H,1H2,2H3. The van der Waals surface area contributed by atoms with Crippen LogP contribution in [-0.4, -0.2) is 0 Å². The number of rotatable bonds is 3. The topological polar surface area (TPSA) is 0 Å². The summed E-state index contributed by atoms with van der Waals surface area (Å²) in [5.41, 5.74) is 3.54. The summed E-state index contributed by atoms with van der Waals surface area (Å²) >= 11 is 4.81. The highest BCUT2D eigenvalue weighted by atomic mass is 32.1. The Bertz CT molecular complexity index is 499. The van der Waals surface area contributed by atoms with Crippen LogP contribution in [0.2, 0.25) is 0 Å². The fourth-order valence-corrected chi connectivity index (χ4v) is 2.20. The van der Waals surface area contributed by atoms with E-state index < -0.39 is 4.75 Å². The van der Waals surface area contributed by atoms with Crippen molar-refractivity contribution in [3.8, 4) is 0 Å². The van der Waals surface area contributed by atoms with Gasteiger partial charge in [0, 0.05) is 0 Å². The predicted molar refractivity (Wildman–Crippen MR) is 77.6 cm³/mol. The third-order valence-corrected chi connectivity index (χ3v) is 3.70. The van der Waals surface area contributed by atoms with E-state index in [1.807, 2.05) is 24.3 Å². The van der Waals surface area contributed by atoms with Gasteiger partial charge in [0.05, 0.1) is 4.75 Å². The van der Waals surface area contributed by atoms with Gasteiger partial charge in [0.1, 0.15) is 0 Å². The van der Waals surface area contributed by atoms with Crippen molar-refractivity contribution in [2.75, 3.05) is 0 Å². The zero-order chi connectivity index (χ0) is 12.3. The summed E-state index contributed by atoms with van der Waals surface area (Å²) in [6.07, 6.45) is 1.89. The van der Waals surface area contributed by atoms with Gasteiger partial charge in [0.25, 0.3) is 0 Å². The minimum atomic E-state index is -0.422. The lowest BCUT2D eigenvalue weighted by Gasteiger charge is -2.26. The average molecular weight is 240 g/mol. The quantitative estimate of drug-likeness (QED) is 0.598. The molecule has 0 radical (unpaired) electrons. The summed E-state index contributed by atoms with van der Waals surface area (Å²) in [6, 6.07) is 18.6. The van der Waals surface area contributed by atoms with Gasteiger partial charge in [-0.05, 0) is 18.1 Å². The van der Waals surface area contributed by atoms with Crippen molar-refractivity contribution in [3.05, 3.63) is 83.9 Å². The summed E-state index contributed by atoms with van der Waals surface area (Å²) in [6.45, 7) is 6.02. The molecule has 1 atom stereocenters. The van der Waals surface area contributed by atoms with Crippen LogP contribution in [0.15, 0.2) is 67.3 Å². The van der Waals surface area contributed by atoms with Crippen molar-refractivity contribution < 1.29 is 0 Å². The van der Waals surface area contributed by atoms with Crippen LogP contribution in [0, 0.1) is 6.92 Å². The number of hydrogen-bond donors (Lipinski definition) is 1. The first-order chi connectivity index (χ1) is 8.16. The van der Waals surface area contributed by atoms with E-state index in [2.05, 4.69) is 49.9 Å². The van der Waals surface area contributed by atoms with Gasteiger partial charge >= 0.3 is 0 Å². The fourth-order valence-electron chi connectivity index (χ4n) is 1.90. The lowest BCUT2D eigenvalue weighted by molar-refractivity contribution is 0.951. The minimum absolute atomic E-state index is 0.422. The fraction of sp³-hybridized carbons (Fsp3) is 0.125. The molecule has 0 aliphatic heterocycles. The van der Waals surface area contributed by atoms with Gasteiger partial charge < -0.3 is 0 Å². The largest absolute Gasteiger partial charge is 0.159 e. The monoisotopic (exact) mass is 240 g/mol. The zero-order valence-corrected chi connectivity index (χ0v) is 10.8. The lowest BCUT2D eigenvalue weighted by Crippen LogP contribution is -2.17. The second kappa shape index (κ2) is 4.80. The molecule has 1 heteroatoms. The molecule has 0 spiro atoms. The summed E-state index contributed by atoms with van der Waals surface area (Å²) in [4.78, 5) is 0. The first-order valence-corrected chi connectivity index (χ1v) is 6.10. The number of benzene rings is 2. The van der Waals surface area contributed by atoms with E-state index in [0.29, 0.717) is 0 Å². The summed E-state index contributed by atoms with van der Waals surface area (Å²) < 4.78 is -0.422. The Morgan fingerprint density at radius 2 is 1.47 bits per heavy atom. The predicted octanol–water partition coefficient (Wildman–Crippen LogP) is 4.35. The Morgan fingerprint density at radius 1 is 0.941 bits per heavy atom. The molecule has 0 fully saturated rings. The van der Waals surface area contributed by atoms with Gasteiger partial charge in [-0.1, -0.05) is 66.2 Å². The Balaban J connectivity index is 2.51. The Morgan fingerprint density at radius 3 is 2.00 bits per heavy atom. The smallest absolute Gasteiger partial charge is 0.0805 e. The van der Waals surface area contributed by atoms with Gasteiger partial charge in [-0.25, -0.2) is 0 Å². The maximum absolute atomic E-state index is 4.81. The van der Waals surface area contributed by atoms with Crippen molar-refractivity contribution in [1.29, 1.82) is 0 Å². The molecule has 0 saturated carbocycles. The number of aryl methyl sites for hydroxylation is 1. The molecule has 1 unspecified atom stereocenters. The Kier molecular flexibility index (Phi) is 3.39. The molecule has 0 aromatic heterocycles. The van der Waals surface area contributed by atoms with Crippen LogP contribution in [0.3, 0.4) is 0 Å². The molecule has 17 heavy (non-hydrogen) atoms. The van der Waals surface area contributed by atoms with Gasteiger partial charge in [-0.2, -0.15) is 12.6 Å². The van der Waals surface area contributed by atoms with Crippen molar-refractivity contribution >= 4 is 12.6 Å². The Hall–Kier alpha value is -1.47. The van der Waals surface area contributed by atoms with E-state index in [9.17, 15) is 0 Å². The SMILES string of the molecule is C=CC(S)(c1ccccc1)c1ccc(C)cc1. The normalized spacial score (nSPS) is 14.0. The van der Waals surface area contributed by atoms with Crippen molar-refractivity contribution in [2.45, 2.75) is 11.7 Å². The lowest BCUT2D eigenvalue weighted by atomic mass is 9.90. The van der Waals surface area contributed by atoms with E-state index in [1.54, 1.807) is 0 Å². The molecule has 0 heterocycles. The second-order valence-electron chi connectivity index (χ2n) is 4.20. The molecule has 0 aliphatic rings. The maximum Gasteiger partial charge on any atom is 0.0805 e. The molecule has 86 valence electrons. The molecule has 2 rings (SSSR count). The second-order valence-corrected chi connectivity index (χ2v) is 4.91. The van der Waals surface area contributed by atoms with Crippen molar-refractivity contribution in [2.24, 2.45) is 0 Å². The highest BCUT2D eigenvalue weighted by Gasteiger charge is 2.25. The molecule has 0 nitrogen and oxygen atoms in total. The van der Waals surface area contributed by atoms with Gasteiger partial charge in [-0.3, -0.25) is 0 Å². The van der Waals surface area contributed by atoms with Gasteiger partial charge in [0.2, 0.25) is 0 Å². The maximum atomic E-state index is 4.81. The summed E-state index contributed by atoms with van der Waals surface area (Å²) in [5.74, 6) is 0. The minimum Gasteiger partial charge on any atom is -0.159 e. The van der Waals surface area contributed by atoms with E-state index in [0.717, 1.165) is 11.1 Å². The van der Waals surface area contributed by atoms with E-state index in [4.69, 9.17) is 12.6 Å². The third kappa shape index (κ3) is 2.29. The van der Waals surface area contributed by atoms with E-state index in [-0.39, 0.29) is 0 Å². The third-order valence-electron chi connectivity index (χ3n) is 3.00. The van der Waals surface area contributed by atoms with Crippen LogP contribution in [-0.2, 0) is 4.75 Å². The van der Waals surface area contributed by atoms with Crippen LogP contribution in [0.1, 0.15) is 16.7 Å². The van der Waals surface area contributed by atoms with Crippen molar-refractivity contribution in [3.63, 3.8) is 0 Å². The van der Waals surface area contributed by atoms with Crippen LogP contribution >= 0.6 is 12.6 Å². The van der Waals surface area contributed by atoms with Gasteiger partial charge in [0.15, 0.2) is 0 Å². The Labute approximate surface area is 108 Å². The summed E-state index contributed by atoms with van der Waals surface area (Å²) in [5, 5.41) is 0. The van der Waals surface area contributed by atoms with Crippen molar-refractivity contribution in [1.82, 2.24) is 0 Å². The molecule has 0 saturated heterocycles. The first-order valence-electron chi connectivity index (χ1n) is 5.65. The zero-order valence-electron chi connectivity index (χ0n) is 9.93. The molecular formula is C16H16S. The van der Waals surface area contributed by atoms with Crippen LogP contribution in [0.5, 0.6) is 0 Å². The van der Waals surface area contributed by atoms with Crippen LogP contribution in [0.4, 0.5) is 0 Å². The molecule has 0 N–H and O–H groups in total. The highest BCUT2D eigenvalue weighted by molar-refractivity contribution is 7.81. The number of hydrogen-bond acceptors (Lipinski definition) is 1. The van der Waals surface area contributed by atoms with E-state index >= 15 is 0 Å². The van der Waals surface area contributed by atoms with Gasteiger partial charge in [-0.15, -0.1) is 6.58 Å². The van der Waals surface area contributed by atoms with E-state index in [1.165, 1.54) is 5.56 Å². The number of thiol groups is 1.